The molecule has 1 amide bonds. The van der Waals surface area contributed by atoms with Gasteiger partial charge in [-0.2, -0.15) is 0 Å². The third kappa shape index (κ3) is 2.31. The average Bonchev–Trinajstić information content (AvgIpc) is 2.86. The van der Waals surface area contributed by atoms with Crippen LogP contribution < -0.4 is 5.73 Å². The molecule has 0 aromatic heterocycles. The van der Waals surface area contributed by atoms with Crippen LogP contribution in [0.4, 0.5) is 15.8 Å². The van der Waals surface area contributed by atoms with Crippen LogP contribution in [0, 0.1) is 15.9 Å². The number of rotatable bonds is 3. The lowest BCUT2D eigenvalue weighted by Gasteiger charge is -2.24. The molecule has 7 heteroatoms. The Kier molecular flexibility index (Phi) is 3.87. The summed E-state index contributed by atoms with van der Waals surface area (Å²) < 4.78 is 13.9. The van der Waals surface area contributed by atoms with Crippen molar-refractivity contribution in [2.45, 2.75) is 32.2 Å². The van der Waals surface area contributed by atoms with Crippen LogP contribution in [0.25, 0.3) is 0 Å². The van der Waals surface area contributed by atoms with E-state index in [0.29, 0.717) is 6.54 Å². The maximum absolute atomic E-state index is 13.9. The first-order chi connectivity index (χ1) is 9.47. The number of hydrogen-bond donors (Lipinski definition) is 1. The molecular weight excluding hydrogens is 265 g/mol. The van der Waals surface area contributed by atoms with E-state index in [1.54, 1.807) is 4.90 Å². The zero-order valence-corrected chi connectivity index (χ0v) is 11.1. The Bertz CT molecular complexity index is 562. The summed E-state index contributed by atoms with van der Waals surface area (Å²) in [6.45, 7) is 2.47. The quantitative estimate of drug-likeness (QED) is 0.523. The van der Waals surface area contributed by atoms with Crippen LogP contribution >= 0.6 is 0 Å². The van der Waals surface area contributed by atoms with E-state index in [1.807, 2.05) is 6.92 Å². The fraction of sp³-hybridized carbons (Fsp3) is 0.462. The third-order valence-corrected chi connectivity index (χ3v) is 3.69. The smallest absolute Gasteiger partial charge is 0.293 e. The van der Waals surface area contributed by atoms with Crippen LogP contribution in [0.15, 0.2) is 12.1 Å². The second-order valence-electron chi connectivity index (χ2n) is 4.82. The molecule has 1 saturated heterocycles. The van der Waals surface area contributed by atoms with Gasteiger partial charge in [-0.05, 0) is 25.3 Å². The summed E-state index contributed by atoms with van der Waals surface area (Å²) in [5.41, 5.74) is 4.38. The first-order valence-corrected chi connectivity index (χ1v) is 6.50. The van der Waals surface area contributed by atoms with Gasteiger partial charge >= 0.3 is 0 Å². The molecule has 0 saturated carbocycles. The standard InChI is InChI=1S/C13H16FN3O3/c1-2-8-4-3-7-16(8)13(18)11-9(14)5-6-10(12(11)15)17(19)20/h5-6,8H,2-4,7,15H2,1H3. The van der Waals surface area contributed by atoms with E-state index in [1.165, 1.54) is 0 Å². The number of likely N-dealkylation sites (tertiary alicyclic amines) is 1. The summed E-state index contributed by atoms with van der Waals surface area (Å²) in [5, 5.41) is 10.8. The highest BCUT2D eigenvalue weighted by atomic mass is 19.1. The molecule has 1 aliphatic heterocycles. The highest BCUT2D eigenvalue weighted by molar-refractivity contribution is 6.01. The number of nitrogen functional groups attached to an aromatic ring is 1. The van der Waals surface area contributed by atoms with Crippen LogP contribution in [-0.4, -0.2) is 28.3 Å². The monoisotopic (exact) mass is 281 g/mol. The van der Waals surface area contributed by atoms with Crippen molar-refractivity contribution < 1.29 is 14.1 Å². The normalized spacial score (nSPS) is 18.3. The lowest BCUT2D eigenvalue weighted by atomic mass is 10.1. The molecule has 0 bridgehead atoms. The van der Waals surface area contributed by atoms with Gasteiger partial charge in [-0.3, -0.25) is 14.9 Å². The van der Waals surface area contributed by atoms with E-state index in [2.05, 4.69) is 0 Å². The Morgan fingerprint density at radius 2 is 2.30 bits per heavy atom. The van der Waals surface area contributed by atoms with Gasteiger partial charge in [0.15, 0.2) is 0 Å². The average molecular weight is 281 g/mol. The van der Waals surface area contributed by atoms with E-state index < -0.39 is 28.0 Å². The fourth-order valence-electron chi connectivity index (χ4n) is 2.63. The zero-order valence-electron chi connectivity index (χ0n) is 11.1. The van der Waals surface area contributed by atoms with E-state index >= 15 is 0 Å². The molecule has 1 aromatic carbocycles. The van der Waals surface area contributed by atoms with Gasteiger partial charge in [-0.1, -0.05) is 6.92 Å². The number of halogens is 1. The molecule has 108 valence electrons. The molecule has 1 aliphatic rings. The Hall–Kier alpha value is -2.18. The van der Waals surface area contributed by atoms with Gasteiger partial charge < -0.3 is 10.6 Å². The topological polar surface area (TPSA) is 89.5 Å². The van der Waals surface area contributed by atoms with E-state index in [4.69, 9.17) is 5.73 Å². The number of benzene rings is 1. The number of nitrogens with zero attached hydrogens (tertiary/aromatic N) is 2. The van der Waals surface area contributed by atoms with Crippen molar-refractivity contribution in [1.82, 2.24) is 4.90 Å². The van der Waals surface area contributed by atoms with E-state index in [9.17, 15) is 19.3 Å². The minimum atomic E-state index is -0.820. The maximum atomic E-state index is 13.9. The van der Waals surface area contributed by atoms with Crippen molar-refractivity contribution in [3.63, 3.8) is 0 Å². The Morgan fingerprint density at radius 1 is 1.60 bits per heavy atom. The van der Waals surface area contributed by atoms with Crippen molar-refractivity contribution in [2.75, 3.05) is 12.3 Å². The first kappa shape index (κ1) is 14.2. The number of amides is 1. The summed E-state index contributed by atoms with van der Waals surface area (Å²) in [7, 11) is 0. The molecule has 0 aliphatic carbocycles. The van der Waals surface area contributed by atoms with Gasteiger partial charge in [0.25, 0.3) is 11.6 Å². The molecule has 20 heavy (non-hydrogen) atoms. The second kappa shape index (κ2) is 5.44. The number of carbonyl (C=O) groups excluding carboxylic acids is 1. The summed E-state index contributed by atoms with van der Waals surface area (Å²) >= 11 is 0. The number of carbonyl (C=O) groups is 1. The maximum Gasteiger partial charge on any atom is 0.293 e. The first-order valence-electron chi connectivity index (χ1n) is 6.50. The predicted molar refractivity (Wildman–Crippen MR) is 71.8 cm³/mol. The molecule has 0 spiro atoms. The van der Waals surface area contributed by atoms with Crippen LogP contribution in [0.5, 0.6) is 0 Å². The van der Waals surface area contributed by atoms with Gasteiger partial charge in [0.05, 0.1) is 4.92 Å². The molecule has 2 rings (SSSR count). The Labute approximate surface area is 115 Å². The SMILES string of the molecule is CCC1CCCN1C(=O)c1c(F)ccc([N+](=O)[O-])c1N. The molecule has 6 nitrogen and oxygen atoms in total. The number of nitrogens with two attached hydrogens (primary N) is 1. The van der Waals surface area contributed by atoms with Crippen molar-refractivity contribution >= 4 is 17.3 Å². The number of nitro groups is 1. The van der Waals surface area contributed by atoms with Crippen molar-refractivity contribution in [3.8, 4) is 0 Å². The summed E-state index contributed by atoms with van der Waals surface area (Å²) in [4.78, 5) is 24.1. The molecule has 0 radical (unpaired) electrons. The minimum absolute atomic E-state index is 0.0422. The summed E-state index contributed by atoms with van der Waals surface area (Å²) in [5.74, 6) is -1.38. The molecule has 1 heterocycles. The highest BCUT2D eigenvalue weighted by Gasteiger charge is 2.32. The zero-order chi connectivity index (χ0) is 14.9. The molecule has 1 aromatic rings. The lowest BCUT2D eigenvalue weighted by Crippen LogP contribution is -2.36. The van der Waals surface area contributed by atoms with Crippen LogP contribution in [0.3, 0.4) is 0 Å². The Morgan fingerprint density at radius 3 is 2.90 bits per heavy atom. The number of anilines is 1. The lowest BCUT2D eigenvalue weighted by molar-refractivity contribution is -0.384. The number of hydrogen-bond acceptors (Lipinski definition) is 4. The largest absolute Gasteiger partial charge is 0.392 e. The van der Waals surface area contributed by atoms with Gasteiger partial charge in [-0.15, -0.1) is 0 Å². The molecule has 1 fully saturated rings. The molecular formula is C13H16FN3O3. The van der Waals surface area contributed by atoms with Gasteiger partial charge in [0.2, 0.25) is 0 Å². The fourth-order valence-corrected chi connectivity index (χ4v) is 2.63. The minimum Gasteiger partial charge on any atom is -0.392 e. The van der Waals surface area contributed by atoms with Gasteiger partial charge in [0, 0.05) is 18.7 Å². The van der Waals surface area contributed by atoms with E-state index in [0.717, 1.165) is 31.4 Å². The number of nitro benzene ring substituents is 1. The van der Waals surface area contributed by atoms with E-state index in [-0.39, 0.29) is 11.6 Å². The molecule has 1 atom stereocenters. The second-order valence-corrected chi connectivity index (χ2v) is 4.82. The van der Waals surface area contributed by atoms with Crippen molar-refractivity contribution in [1.29, 1.82) is 0 Å². The van der Waals surface area contributed by atoms with Crippen LogP contribution in [0.2, 0.25) is 0 Å². The molecule has 2 N–H and O–H groups in total. The highest BCUT2D eigenvalue weighted by Crippen LogP contribution is 2.31. The molecule has 1 unspecified atom stereocenters. The van der Waals surface area contributed by atoms with Crippen LogP contribution in [0.1, 0.15) is 36.5 Å². The third-order valence-electron chi connectivity index (χ3n) is 3.69. The summed E-state index contributed by atoms with van der Waals surface area (Å²) in [6.07, 6.45) is 2.47. The van der Waals surface area contributed by atoms with Gasteiger partial charge in [0.1, 0.15) is 17.1 Å². The Balaban J connectivity index is 2.44. The summed E-state index contributed by atoms with van der Waals surface area (Å²) in [6, 6.07) is 1.93. The predicted octanol–water partition coefficient (Wildman–Crippen LogP) is 2.33. The van der Waals surface area contributed by atoms with Crippen molar-refractivity contribution in [3.05, 3.63) is 33.6 Å². The van der Waals surface area contributed by atoms with Crippen molar-refractivity contribution in [2.24, 2.45) is 0 Å². The van der Waals surface area contributed by atoms with Gasteiger partial charge in [-0.25, -0.2) is 4.39 Å². The van der Waals surface area contributed by atoms with Crippen LogP contribution in [-0.2, 0) is 0 Å².